The maximum atomic E-state index is 6.50. The number of hydrogen-bond donors (Lipinski definition) is 0. The molecule has 0 atom stereocenters. The van der Waals surface area contributed by atoms with Gasteiger partial charge in [0.05, 0.1) is 0 Å². The Morgan fingerprint density at radius 2 is 0.585 bits per heavy atom. The van der Waals surface area contributed by atoms with Crippen LogP contribution in [0.5, 0.6) is 0 Å². The van der Waals surface area contributed by atoms with E-state index >= 15 is 0 Å². The molecule has 0 aliphatic carbocycles. The van der Waals surface area contributed by atoms with E-state index in [2.05, 4.69) is 240 Å². The second kappa shape index (κ2) is 15.0. The molecule has 0 bridgehead atoms. The van der Waals surface area contributed by atoms with Crippen molar-refractivity contribution in [2.24, 2.45) is 0 Å². The highest BCUT2D eigenvalue weighted by atomic mass is 16.3. The van der Waals surface area contributed by atoms with E-state index in [9.17, 15) is 0 Å². The molecule has 65 heavy (non-hydrogen) atoms. The van der Waals surface area contributed by atoms with Crippen LogP contribution in [0.15, 0.2) is 241 Å². The van der Waals surface area contributed by atoms with Gasteiger partial charge in [0.25, 0.3) is 0 Å². The first-order valence-corrected chi connectivity index (χ1v) is 22.1. The van der Waals surface area contributed by atoms with Gasteiger partial charge in [-0.25, -0.2) is 4.98 Å². The minimum atomic E-state index is 0.578. The Hall–Kier alpha value is -8.73. The van der Waals surface area contributed by atoms with Crippen molar-refractivity contribution < 1.29 is 4.42 Å². The molecule has 4 nitrogen and oxygen atoms in total. The number of para-hydroxylation sites is 2. The van der Waals surface area contributed by atoms with Gasteiger partial charge >= 0.3 is 0 Å². The molecule has 13 rings (SSSR count). The summed E-state index contributed by atoms with van der Waals surface area (Å²) in [5.41, 5.74) is 8.77. The average Bonchev–Trinajstić information content (AvgIpc) is 3.81. The molecule has 0 N–H and O–H groups in total. The minimum Gasteiger partial charge on any atom is -0.436 e. The second-order valence-electron chi connectivity index (χ2n) is 16.7. The first kappa shape index (κ1) is 36.9. The van der Waals surface area contributed by atoms with Crippen LogP contribution in [0, 0.1) is 0 Å². The molecule has 0 aliphatic heterocycles. The van der Waals surface area contributed by atoms with E-state index < -0.39 is 0 Å². The van der Waals surface area contributed by atoms with Gasteiger partial charge in [0.1, 0.15) is 5.52 Å². The molecule has 1 aromatic heterocycles. The van der Waals surface area contributed by atoms with Gasteiger partial charge in [-0.2, -0.15) is 0 Å². The summed E-state index contributed by atoms with van der Waals surface area (Å²) in [5, 5.41) is 15.0. The maximum absolute atomic E-state index is 6.50. The molecule has 0 radical (unpaired) electrons. The van der Waals surface area contributed by atoms with E-state index in [0.717, 1.165) is 50.8 Å². The normalized spacial score (nSPS) is 11.7. The summed E-state index contributed by atoms with van der Waals surface area (Å²) in [6.45, 7) is 0. The summed E-state index contributed by atoms with van der Waals surface area (Å²) in [7, 11) is 0. The van der Waals surface area contributed by atoms with Gasteiger partial charge in [0, 0.05) is 39.7 Å². The summed E-state index contributed by atoms with van der Waals surface area (Å²) >= 11 is 0. The van der Waals surface area contributed by atoms with E-state index in [0.29, 0.717) is 5.89 Å². The quantitative estimate of drug-likeness (QED) is 0.150. The fourth-order valence-electron chi connectivity index (χ4n) is 10.0. The molecule has 0 amide bonds. The van der Waals surface area contributed by atoms with Crippen molar-refractivity contribution >= 4 is 110 Å². The zero-order chi connectivity index (χ0) is 42.8. The molecular weight excluding hydrogens is 791 g/mol. The lowest BCUT2D eigenvalue weighted by atomic mass is 9.94. The van der Waals surface area contributed by atoms with Gasteiger partial charge in [-0.1, -0.05) is 146 Å². The van der Waals surface area contributed by atoms with E-state index in [1.54, 1.807) is 0 Å². The highest BCUT2D eigenvalue weighted by molar-refractivity contribution is 6.27. The van der Waals surface area contributed by atoms with E-state index in [1.807, 2.05) is 6.07 Å². The molecule has 12 aromatic carbocycles. The molecule has 13 aromatic rings. The largest absolute Gasteiger partial charge is 0.436 e. The molecule has 0 saturated heterocycles. The van der Waals surface area contributed by atoms with E-state index in [1.165, 1.54) is 64.6 Å². The maximum Gasteiger partial charge on any atom is 0.227 e. The first-order chi connectivity index (χ1) is 32.2. The summed E-state index contributed by atoms with van der Waals surface area (Å²) in [5.74, 6) is 0.578. The highest BCUT2D eigenvalue weighted by Gasteiger charge is 2.20. The van der Waals surface area contributed by atoms with E-state index in [-0.39, 0.29) is 0 Å². The summed E-state index contributed by atoms with van der Waals surface area (Å²) in [4.78, 5) is 9.74. The van der Waals surface area contributed by atoms with Crippen LogP contribution in [0.1, 0.15) is 0 Å². The van der Waals surface area contributed by atoms with E-state index in [4.69, 9.17) is 9.40 Å². The zero-order valence-electron chi connectivity index (χ0n) is 35.3. The van der Waals surface area contributed by atoms with Crippen LogP contribution >= 0.6 is 0 Å². The van der Waals surface area contributed by atoms with Crippen molar-refractivity contribution in [3.8, 4) is 11.5 Å². The summed E-state index contributed by atoms with van der Waals surface area (Å²) in [6, 6.07) is 84.6. The van der Waals surface area contributed by atoms with Crippen LogP contribution < -0.4 is 9.80 Å². The lowest BCUT2D eigenvalue weighted by Gasteiger charge is -2.26. The molecule has 304 valence electrons. The number of hydrogen-bond acceptors (Lipinski definition) is 4. The third-order valence-electron chi connectivity index (χ3n) is 13.0. The van der Waals surface area contributed by atoms with Crippen LogP contribution in [0.4, 0.5) is 34.1 Å². The van der Waals surface area contributed by atoms with Crippen molar-refractivity contribution in [2.45, 2.75) is 0 Å². The zero-order valence-corrected chi connectivity index (χ0v) is 35.3. The number of anilines is 6. The predicted octanol–water partition coefficient (Wildman–Crippen LogP) is 17.4. The van der Waals surface area contributed by atoms with Gasteiger partial charge in [-0.05, 0) is 156 Å². The van der Waals surface area contributed by atoms with Crippen molar-refractivity contribution in [1.82, 2.24) is 4.98 Å². The monoisotopic (exact) mass is 829 g/mol. The number of oxazole rings is 1. The van der Waals surface area contributed by atoms with Crippen molar-refractivity contribution in [3.63, 3.8) is 0 Å². The van der Waals surface area contributed by atoms with Crippen LogP contribution in [0.3, 0.4) is 0 Å². The van der Waals surface area contributed by atoms with Crippen molar-refractivity contribution in [3.05, 3.63) is 237 Å². The Morgan fingerprint density at radius 3 is 1.03 bits per heavy atom. The second-order valence-corrected chi connectivity index (χ2v) is 16.7. The predicted molar refractivity (Wildman–Crippen MR) is 274 cm³/mol. The lowest BCUT2D eigenvalue weighted by molar-refractivity contribution is 0.620. The average molecular weight is 830 g/mol. The molecule has 0 saturated carbocycles. The SMILES string of the molecule is c1ccc(N(c2ccc(-c3nc4cc(N(c5ccccc5)c5ccc6c7ccccc7c7ccccc7c6c5)ccc4o3)cc2)c2ccc3c4ccccc4c4ccccc4c3c2)cc1. The Bertz CT molecular complexity index is 3880. The third-order valence-corrected chi connectivity index (χ3v) is 13.0. The lowest BCUT2D eigenvalue weighted by Crippen LogP contribution is -2.09. The standard InChI is InChI=1S/C61H39N3O/c1-3-15-41(16-4-1)63(44-31-34-55-51-23-9-7-19-47(51)49-21-11-13-25-53(49)57(55)37-44)43-29-27-40(28-30-43)61-62-59-39-46(33-36-60(59)65-61)64(42-17-5-2-6-18-42)45-32-35-56-52-24-10-8-20-48(52)50-22-12-14-26-54(50)58(56)38-45/h1-39H. The first-order valence-electron chi connectivity index (χ1n) is 22.1. The number of nitrogens with zero attached hydrogens (tertiary/aromatic N) is 3. The molecule has 0 unspecified atom stereocenters. The van der Waals surface area contributed by atoms with Crippen LogP contribution in [0.25, 0.3) is 87.2 Å². The van der Waals surface area contributed by atoms with Gasteiger partial charge < -0.3 is 14.2 Å². The van der Waals surface area contributed by atoms with Gasteiger partial charge in [-0.3, -0.25) is 0 Å². The number of aromatic nitrogens is 1. The Morgan fingerprint density at radius 1 is 0.262 bits per heavy atom. The Balaban J connectivity index is 0.886. The third kappa shape index (κ3) is 6.11. The number of rotatable bonds is 7. The number of fused-ring (bicyclic) bond motifs is 13. The molecule has 4 heteroatoms. The van der Waals surface area contributed by atoms with Crippen LogP contribution in [-0.2, 0) is 0 Å². The van der Waals surface area contributed by atoms with Crippen molar-refractivity contribution in [1.29, 1.82) is 0 Å². The molecule has 0 spiro atoms. The molecule has 1 heterocycles. The minimum absolute atomic E-state index is 0.578. The van der Waals surface area contributed by atoms with Gasteiger partial charge in [-0.15, -0.1) is 0 Å². The molecule has 0 aliphatic rings. The van der Waals surface area contributed by atoms with Crippen LogP contribution in [-0.4, -0.2) is 4.98 Å². The summed E-state index contributed by atoms with van der Waals surface area (Å²) in [6.07, 6.45) is 0. The molecular formula is C61H39N3O. The molecule has 0 fully saturated rings. The topological polar surface area (TPSA) is 32.5 Å². The van der Waals surface area contributed by atoms with Gasteiger partial charge in [0.2, 0.25) is 5.89 Å². The van der Waals surface area contributed by atoms with Crippen molar-refractivity contribution in [2.75, 3.05) is 9.80 Å². The fourth-order valence-corrected chi connectivity index (χ4v) is 10.0. The van der Waals surface area contributed by atoms with Gasteiger partial charge in [0.15, 0.2) is 5.58 Å². The van der Waals surface area contributed by atoms with Crippen LogP contribution in [0.2, 0.25) is 0 Å². The number of benzene rings is 12. The highest BCUT2D eigenvalue weighted by Crippen LogP contribution is 2.44. The fraction of sp³-hybridized carbons (Fsp3) is 0. The summed E-state index contributed by atoms with van der Waals surface area (Å²) < 4.78 is 6.50. The Kier molecular flexibility index (Phi) is 8.50. The smallest absolute Gasteiger partial charge is 0.227 e. The Labute approximate surface area is 375 Å².